The van der Waals surface area contributed by atoms with E-state index in [0.717, 1.165) is 11.1 Å². The van der Waals surface area contributed by atoms with Gasteiger partial charge in [0, 0.05) is 11.8 Å². The zero-order chi connectivity index (χ0) is 22.9. The molecular formula is C24H14O8. The van der Waals surface area contributed by atoms with Gasteiger partial charge in [0.05, 0.1) is 22.3 Å². The van der Waals surface area contributed by atoms with Crippen LogP contribution in [0.5, 0.6) is 0 Å². The lowest BCUT2D eigenvalue weighted by Gasteiger charge is -2.42. The Morgan fingerprint density at radius 2 is 0.719 bits per heavy atom. The van der Waals surface area contributed by atoms with Crippen LogP contribution < -0.4 is 0 Å². The molecule has 0 aliphatic heterocycles. The zero-order valence-electron chi connectivity index (χ0n) is 16.2. The number of carboxylic acid groups (broad SMARTS) is 4. The Hall–Kier alpha value is -4.46. The van der Waals surface area contributed by atoms with Crippen LogP contribution >= 0.6 is 0 Å². The summed E-state index contributed by atoms with van der Waals surface area (Å²) in [5.41, 5.74) is 2.54. The molecule has 0 unspecified atom stereocenters. The van der Waals surface area contributed by atoms with Gasteiger partial charge in [0.15, 0.2) is 0 Å². The van der Waals surface area contributed by atoms with Crippen LogP contribution in [-0.4, -0.2) is 44.3 Å². The Morgan fingerprint density at radius 1 is 0.469 bits per heavy atom. The van der Waals surface area contributed by atoms with E-state index in [-0.39, 0.29) is 22.3 Å². The molecule has 158 valence electrons. The average Bonchev–Trinajstić information content (AvgIpc) is 2.76. The van der Waals surface area contributed by atoms with E-state index in [4.69, 9.17) is 0 Å². The van der Waals surface area contributed by atoms with Gasteiger partial charge in [0.1, 0.15) is 0 Å². The fourth-order valence-electron chi connectivity index (χ4n) is 5.02. The first-order chi connectivity index (χ1) is 15.2. The van der Waals surface area contributed by atoms with Crippen molar-refractivity contribution in [3.8, 4) is 0 Å². The molecule has 3 aromatic rings. The average molecular weight is 430 g/mol. The highest BCUT2D eigenvalue weighted by atomic mass is 16.4. The van der Waals surface area contributed by atoms with Crippen LogP contribution in [0.1, 0.15) is 86.6 Å². The number of carbonyl (C=O) groups is 4. The summed E-state index contributed by atoms with van der Waals surface area (Å²) in [5, 5.41) is 38.3. The third-order valence-corrected chi connectivity index (χ3v) is 6.23. The van der Waals surface area contributed by atoms with Gasteiger partial charge in [-0.15, -0.1) is 0 Å². The normalized spacial score (nSPS) is 17.1. The predicted octanol–water partition coefficient (Wildman–Crippen LogP) is 3.47. The van der Waals surface area contributed by atoms with E-state index in [9.17, 15) is 39.6 Å². The second kappa shape index (κ2) is 6.52. The fraction of sp³-hybridized carbons (Fsp3) is 0.0833. The Kier molecular flexibility index (Phi) is 3.97. The zero-order valence-corrected chi connectivity index (χ0v) is 16.2. The molecule has 0 saturated carbocycles. The number of benzene rings is 3. The van der Waals surface area contributed by atoms with Gasteiger partial charge >= 0.3 is 23.9 Å². The van der Waals surface area contributed by atoms with Crippen LogP contribution in [0.15, 0.2) is 48.5 Å². The summed E-state index contributed by atoms with van der Waals surface area (Å²) in [6.45, 7) is 0. The Balaban J connectivity index is 1.89. The number of aromatic carboxylic acids is 4. The third-order valence-electron chi connectivity index (χ3n) is 6.23. The Morgan fingerprint density at radius 3 is 0.938 bits per heavy atom. The van der Waals surface area contributed by atoms with Gasteiger partial charge < -0.3 is 20.4 Å². The summed E-state index contributed by atoms with van der Waals surface area (Å²) in [4.78, 5) is 47.1. The van der Waals surface area contributed by atoms with E-state index in [2.05, 4.69) is 0 Å². The summed E-state index contributed by atoms with van der Waals surface area (Å²) in [6, 6.07) is 12.7. The van der Waals surface area contributed by atoms with Gasteiger partial charge in [0.2, 0.25) is 0 Å². The lowest BCUT2D eigenvalue weighted by Crippen LogP contribution is -2.30. The second-order valence-corrected chi connectivity index (χ2v) is 7.77. The van der Waals surface area contributed by atoms with Crippen LogP contribution in [0.4, 0.5) is 0 Å². The molecule has 0 radical (unpaired) electrons. The van der Waals surface area contributed by atoms with Gasteiger partial charge in [-0.25, -0.2) is 19.2 Å². The molecule has 0 aromatic heterocycles. The first-order valence-corrected chi connectivity index (χ1v) is 9.58. The van der Waals surface area contributed by atoms with Crippen molar-refractivity contribution in [3.05, 3.63) is 104 Å². The summed E-state index contributed by atoms with van der Waals surface area (Å²) < 4.78 is 0. The summed E-state index contributed by atoms with van der Waals surface area (Å²) in [5.74, 6) is -6.63. The Labute approximate surface area is 180 Å². The van der Waals surface area contributed by atoms with Gasteiger partial charge in [-0.3, -0.25) is 0 Å². The summed E-state index contributed by atoms with van der Waals surface area (Å²) >= 11 is 0. The Bertz CT molecular complexity index is 1210. The molecule has 8 heteroatoms. The molecule has 0 fully saturated rings. The molecule has 0 saturated heterocycles. The van der Waals surface area contributed by atoms with E-state index < -0.39 is 35.7 Å². The van der Waals surface area contributed by atoms with Gasteiger partial charge in [-0.05, 0) is 57.6 Å². The maximum atomic E-state index is 11.8. The smallest absolute Gasteiger partial charge is 0.336 e. The lowest BCUT2D eigenvalue weighted by molar-refractivity contribution is 0.0651. The fourth-order valence-corrected chi connectivity index (χ4v) is 5.02. The minimum absolute atomic E-state index is 0.358. The van der Waals surface area contributed by atoms with E-state index in [0.29, 0.717) is 22.3 Å². The van der Waals surface area contributed by atoms with Crippen LogP contribution in [0, 0.1) is 0 Å². The maximum absolute atomic E-state index is 11.8. The first kappa shape index (κ1) is 19.5. The number of rotatable bonds is 4. The first-order valence-electron chi connectivity index (χ1n) is 9.58. The predicted molar refractivity (Wildman–Crippen MR) is 109 cm³/mol. The van der Waals surface area contributed by atoms with Crippen molar-refractivity contribution in [1.29, 1.82) is 0 Å². The molecule has 4 N–H and O–H groups in total. The highest BCUT2D eigenvalue weighted by Gasteiger charge is 2.43. The van der Waals surface area contributed by atoms with Crippen molar-refractivity contribution >= 4 is 23.9 Å². The molecule has 3 aromatic carbocycles. The van der Waals surface area contributed by atoms with Crippen molar-refractivity contribution in [1.82, 2.24) is 0 Å². The SMILES string of the molecule is O=C(O)c1cc2c(cc1C(=O)O)C1c3ccccc3C2c2cc(C(=O)O)c(C(=O)O)cc21. The van der Waals surface area contributed by atoms with E-state index in [1.807, 2.05) is 24.3 Å². The van der Waals surface area contributed by atoms with Gasteiger partial charge in [-0.1, -0.05) is 24.3 Å². The van der Waals surface area contributed by atoms with Crippen LogP contribution in [-0.2, 0) is 0 Å². The van der Waals surface area contributed by atoms with Gasteiger partial charge in [0.25, 0.3) is 0 Å². The second-order valence-electron chi connectivity index (χ2n) is 7.77. The van der Waals surface area contributed by atoms with E-state index >= 15 is 0 Å². The van der Waals surface area contributed by atoms with Crippen LogP contribution in [0.2, 0.25) is 0 Å². The molecule has 2 bridgehead atoms. The van der Waals surface area contributed by atoms with Crippen molar-refractivity contribution in [2.75, 3.05) is 0 Å². The molecule has 3 aliphatic carbocycles. The minimum atomic E-state index is -1.38. The van der Waals surface area contributed by atoms with E-state index in [1.165, 1.54) is 24.3 Å². The monoisotopic (exact) mass is 430 g/mol. The molecular weight excluding hydrogens is 416 g/mol. The third kappa shape index (κ3) is 2.49. The van der Waals surface area contributed by atoms with Crippen molar-refractivity contribution in [3.63, 3.8) is 0 Å². The standard InChI is InChI=1S/C24H14O8/c25-21(26)15-5-11-13(7-17(15)23(29)30)20-10-4-2-1-3-9(10)19(11)12-6-16(22(27)28)18(24(31)32)8-14(12)20/h1-8,19-20H,(H,25,26)(H,27,28)(H,29,30)(H,31,32). The lowest BCUT2D eigenvalue weighted by atomic mass is 9.60. The topological polar surface area (TPSA) is 149 Å². The maximum Gasteiger partial charge on any atom is 0.336 e. The highest BCUT2D eigenvalue weighted by Crippen LogP contribution is 2.56. The summed E-state index contributed by atoms with van der Waals surface area (Å²) in [7, 11) is 0. The molecule has 8 nitrogen and oxygen atoms in total. The number of carboxylic acids is 4. The molecule has 0 heterocycles. The quantitative estimate of drug-likeness (QED) is 0.339. The summed E-state index contributed by atoms with van der Waals surface area (Å²) in [6.07, 6.45) is 0. The highest BCUT2D eigenvalue weighted by molar-refractivity contribution is 6.04. The van der Waals surface area contributed by atoms with Crippen LogP contribution in [0.25, 0.3) is 0 Å². The molecule has 3 aliphatic rings. The van der Waals surface area contributed by atoms with Crippen molar-refractivity contribution in [2.45, 2.75) is 11.8 Å². The van der Waals surface area contributed by atoms with Crippen molar-refractivity contribution in [2.24, 2.45) is 0 Å². The molecule has 0 spiro atoms. The molecule has 6 rings (SSSR count). The largest absolute Gasteiger partial charge is 0.478 e. The number of hydrogen-bond acceptors (Lipinski definition) is 4. The molecule has 0 atom stereocenters. The van der Waals surface area contributed by atoms with Gasteiger partial charge in [-0.2, -0.15) is 0 Å². The number of hydrogen-bond donors (Lipinski definition) is 4. The molecule has 32 heavy (non-hydrogen) atoms. The van der Waals surface area contributed by atoms with Crippen LogP contribution in [0.3, 0.4) is 0 Å². The minimum Gasteiger partial charge on any atom is -0.478 e. The van der Waals surface area contributed by atoms with E-state index in [1.54, 1.807) is 0 Å². The van der Waals surface area contributed by atoms with Crippen molar-refractivity contribution < 1.29 is 39.6 Å². The molecule has 0 amide bonds.